The lowest BCUT2D eigenvalue weighted by atomic mass is 10.1. The Balaban J connectivity index is 1.76. The molecule has 1 unspecified atom stereocenters. The van der Waals surface area contributed by atoms with Crippen LogP contribution in [-0.2, 0) is 11.3 Å². The standard InChI is InChI=1S/C13H18ClNO2/c1-9(2)8-16-15-7-12-6-10-5-11(14)3-4-13(10)17-12/h3-5,9,12,15H,6-8H2,1-2H3. The first kappa shape index (κ1) is 12.7. The molecule has 0 saturated carbocycles. The Labute approximate surface area is 107 Å². The molecule has 1 atom stereocenters. The second-order valence-corrected chi connectivity index (χ2v) is 5.19. The van der Waals surface area contributed by atoms with Gasteiger partial charge in [0.25, 0.3) is 0 Å². The average molecular weight is 256 g/mol. The summed E-state index contributed by atoms with van der Waals surface area (Å²) in [4.78, 5) is 5.32. The number of hydroxylamine groups is 1. The fraction of sp³-hybridized carbons (Fsp3) is 0.538. The molecule has 4 heteroatoms. The van der Waals surface area contributed by atoms with Gasteiger partial charge in [-0.3, -0.25) is 0 Å². The highest BCUT2D eigenvalue weighted by molar-refractivity contribution is 6.30. The second kappa shape index (κ2) is 5.71. The zero-order chi connectivity index (χ0) is 12.3. The van der Waals surface area contributed by atoms with E-state index >= 15 is 0 Å². The molecule has 17 heavy (non-hydrogen) atoms. The Morgan fingerprint density at radius 2 is 2.35 bits per heavy atom. The number of hydrogen-bond acceptors (Lipinski definition) is 3. The number of halogens is 1. The van der Waals surface area contributed by atoms with Crippen molar-refractivity contribution >= 4 is 11.6 Å². The third kappa shape index (κ3) is 3.60. The second-order valence-electron chi connectivity index (χ2n) is 4.75. The van der Waals surface area contributed by atoms with E-state index in [1.54, 1.807) is 0 Å². The van der Waals surface area contributed by atoms with Gasteiger partial charge < -0.3 is 9.57 Å². The summed E-state index contributed by atoms with van der Waals surface area (Å²) in [6.07, 6.45) is 1.02. The molecule has 1 aromatic rings. The molecule has 1 N–H and O–H groups in total. The van der Waals surface area contributed by atoms with E-state index in [4.69, 9.17) is 21.2 Å². The van der Waals surface area contributed by atoms with Gasteiger partial charge in [-0.25, -0.2) is 0 Å². The van der Waals surface area contributed by atoms with Gasteiger partial charge >= 0.3 is 0 Å². The van der Waals surface area contributed by atoms with Gasteiger partial charge in [-0.1, -0.05) is 25.4 Å². The van der Waals surface area contributed by atoms with Crippen LogP contribution in [0.5, 0.6) is 5.75 Å². The summed E-state index contributed by atoms with van der Waals surface area (Å²) in [6.45, 7) is 5.64. The van der Waals surface area contributed by atoms with Crippen molar-refractivity contribution in [1.82, 2.24) is 5.48 Å². The van der Waals surface area contributed by atoms with E-state index in [0.29, 0.717) is 19.1 Å². The van der Waals surface area contributed by atoms with Crippen molar-refractivity contribution in [3.05, 3.63) is 28.8 Å². The minimum absolute atomic E-state index is 0.135. The molecule has 3 nitrogen and oxygen atoms in total. The lowest BCUT2D eigenvalue weighted by Gasteiger charge is -2.12. The monoisotopic (exact) mass is 255 g/mol. The fourth-order valence-corrected chi connectivity index (χ4v) is 1.98. The van der Waals surface area contributed by atoms with Crippen molar-refractivity contribution in [1.29, 1.82) is 0 Å². The minimum Gasteiger partial charge on any atom is -0.488 e. The highest BCUT2D eigenvalue weighted by Crippen LogP contribution is 2.30. The van der Waals surface area contributed by atoms with Crippen LogP contribution in [0.4, 0.5) is 0 Å². The summed E-state index contributed by atoms with van der Waals surface area (Å²) in [7, 11) is 0. The van der Waals surface area contributed by atoms with Crippen LogP contribution in [0, 0.1) is 5.92 Å². The Morgan fingerprint density at radius 1 is 1.53 bits per heavy atom. The van der Waals surface area contributed by atoms with Crippen molar-refractivity contribution in [3.63, 3.8) is 0 Å². The van der Waals surface area contributed by atoms with Crippen LogP contribution < -0.4 is 10.2 Å². The molecule has 1 aromatic carbocycles. The molecular weight excluding hydrogens is 238 g/mol. The zero-order valence-electron chi connectivity index (χ0n) is 10.2. The first-order valence-electron chi connectivity index (χ1n) is 5.95. The average Bonchev–Trinajstić information content (AvgIpc) is 2.66. The van der Waals surface area contributed by atoms with Crippen molar-refractivity contribution in [2.45, 2.75) is 26.4 Å². The molecule has 0 fully saturated rings. The number of nitrogens with one attached hydrogen (secondary N) is 1. The normalized spacial score (nSPS) is 18.2. The molecule has 0 aromatic heterocycles. The quantitative estimate of drug-likeness (QED) is 0.648. The first-order valence-corrected chi connectivity index (χ1v) is 6.32. The fourth-order valence-electron chi connectivity index (χ4n) is 1.78. The molecule has 1 aliphatic rings. The maximum Gasteiger partial charge on any atom is 0.123 e. The summed E-state index contributed by atoms with van der Waals surface area (Å²) in [5.41, 5.74) is 4.12. The molecule has 94 valence electrons. The van der Waals surface area contributed by atoms with Crippen molar-refractivity contribution in [2.24, 2.45) is 5.92 Å². The number of ether oxygens (including phenoxy) is 1. The molecule has 0 amide bonds. The van der Waals surface area contributed by atoms with Gasteiger partial charge in [0.15, 0.2) is 0 Å². The highest BCUT2D eigenvalue weighted by atomic mass is 35.5. The SMILES string of the molecule is CC(C)CONCC1Cc2cc(Cl)ccc2O1. The van der Waals surface area contributed by atoms with E-state index in [9.17, 15) is 0 Å². The van der Waals surface area contributed by atoms with Crippen LogP contribution in [0.15, 0.2) is 18.2 Å². The molecule has 0 spiro atoms. The third-order valence-corrected chi connectivity index (χ3v) is 2.83. The van der Waals surface area contributed by atoms with Gasteiger partial charge in [-0.05, 0) is 29.7 Å². The van der Waals surface area contributed by atoms with Gasteiger partial charge in [0.1, 0.15) is 11.9 Å². The van der Waals surface area contributed by atoms with E-state index in [0.717, 1.165) is 17.2 Å². The number of fused-ring (bicyclic) bond motifs is 1. The molecule has 1 heterocycles. The summed E-state index contributed by atoms with van der Waals surface area (Å²) in [5, 5.41) is 0.761. The van der Waals surface area contributed by atoms with Crippen LogP contribution in [0.2, 0.25) is 5.02 Å². The van der Waals surface area contributed by atoms with Gasteiger partial charge in [0.2, 0.25) is 0 Å². The molecule has 0 aliphatic carbocycles. The van der Waals surface area contributed by atoms with Gasteiger partial charge in [0.05, 0.1) is 13.2 Å². The molecule has 1 aliphatic heterocycles. The van der Waals surface area contributed by atoms with Gasteiger partial charge in [-0.15, -0.1) is 0 Å². The zero-order valence-corrected chi connectivity index (χ0v) is 11.0. The molecule has 0 bridgehead atoms. The van der Waals surface area contributed by atoms with E-state index in [1.807, 2.05) is 18.2 Å². The molecule has 2 rings (SSSR count). The van der Waals surface area contributed by atoms with E-state index in [2.05, 4.69) is 19.3 Å². The van der Waals surface area contributed by atoms with Crippen LogP contribution in [0.25, 0.3) is 0 Å². The van der Waals surface area contributed by atoms with E-state index in [-0.39, 0.29) is 6.10 Å². The first-order chi connectivity index (χ1) is 8.15. The van der Waals surface area contributed by atoms with Crippen molar-refractivity contribution in [3.8, 4) is 5.75 Å². The third-order valence-electron chi connectivity index (χ3n) is 2.59. The molecule has 0 radical (unpaired) electrons. The van der Waals surface area contributed by atoms with Crippen molar-refractivity contribution in [2.75, 3.05) is 13.2 Å². The lowest BCUT2D eigenvalue weighted by Crippen LogP contribution is -2.31. The van der Waals surface area contributed by atoms with E-state index in [1.165, 1.54) is 5.56 Å². The lowest BCUT2D eigenvalue weighted by molar-refractivity contribution is 0.00783. The number of benzene rings is 1. The maximum absolute atomic E-state index is 5.94. The molecular formula is C13H18ClNO2. The van der Waals surface area contributed by atoms with Crippen LogP contribution in [-0.4, -0.2) is 19.3 Å². The minimum atomic E-state index is 0.135. The van der Waals surface area contributed by atoms with Crippen LogP contribution >= 0.6 is 11.6 Å². The van der Waals surface area contributed by atoms with Gasteiger partial charge in [-0.2, -0.15) is 5.48 Å². The summed E-state index contributed by atoms with van der Waals surface area (Å²) >= 11 is 5.94. The van der Waals surface area contributed by atoms with Crippen LogP contribution in [0.1, 0.15) is 19.4 Å². The largest absolute Gasteiger partial charge is 0.488 e. The topological polar surface area (TPSA) is 30.5 Å². The Morgan fingerprint density at radius 3 is 3.12 bits per heavy atom. The van der Waals surface area contributed by atoms with Gasteiger partial charge in [0, 0.05) is 11.4 Å². The Hall–Kier alpha value is -0.770. The molecule has 0 saturated heterocycles. The Bertz CT molecular complexity index is 382. The Kier molecular flexibility index (Phi) is 4.26. The maximum atomic E-state index is 5.94. The predicted octanol–water partition coefficient (Wildman–Crippen LogP) is 2.82. The van der Waals surface area contributed by atoms with E-state index < -0.39 is 0 Å². The summed E-state index contributed by atoms with van der Waals surface area (Å²) < 4.78 is 5.77. The highest BCUT2D eigenvalue weighted by Gasteiger charge is 2.22. The summed E-state index contributed by atoms with van der Waals surface area (Å²) in [5.74, 6) is 1.47. The number of hydrogen-bond donors (Lipinski definition) is 1. The van der Waals surface area contributed by atoms with Crippen LogP contribution in [0.3, 0.4) is 0 Å². The smallest absolute Gasteiger partial charge is 0.123 e. The summed E-state index contributed by atoms with van der Waals surface area (Å²) in [6, 6.07) is 5.74. The predicted molar refractivity (Wildman–Crippen MR) is 68.4 cm³/mol. The number of rotatable bonds is 5. The van der Waals surface area contributed by atoms with Crippen molar-refractivity contribution < 1.29 is 9.57 Å².